The molecule has 150 valence electrons. The zero-order chi connectivity index (χ0) is 20.5. The molecule has 0 aliphatic carbocycles. The van der Waals surface area contributed by atoms with Gasteiger partial charge in [-0.25, -0.2) is 14.8 Å². The van der Waals surface area contributed by atoms with Crippen molar-refractivity contribution in [2.24, 2.45) is 0 Å². The van der Waals surface area contributed by atoms with E-state index in [0.717, 1.165) is 48.1 Å². The summed E-state index contributed by atoms with van der Waals surface area (Å²) >= 11 is 6.45. The van der Waals surface area contributed by atoms with Gasteiger partial charge in [-0.05, 0) is 42.7 Å². The summed E-state index contributed by atoms with van der Waals surface area (Å²) in [6.45, 7) is 1.59. The summed E-state index contributed by atoms with van der Waals surface area (Å²) in [5.41, 5.74) is 4.95. The number of rotatable bonds is 3. The molecule has 0 atom stereocenters. The highest BCUT2D eigenvalue weighted by Gasteiger charge is 2.18. The first-order chi connectivity index (χ1) is 14.7. The summed E-state index contributed by atoms with van der Waals surface area (Å²) in [7, 11) is 0. The largest absolute Gasteiger partial charge is 0.337 e. The minimum atomic E-state index is -0.0838. The smallest absolute Gasteiger partial charge is 0.321 e. The van der Waals surface area contributed by atoms with Crippen LogP contribution < -0.4 is 5.32 Å². The number of halogens is 1. The van der Waals surface area contributed by atoms with Gasteiger partial charge in [-0.3, -0.25) is 0 Å². The number of hydrogen-bond acceptors (Lipinski definition) is 3. The zero-order valence-corrected chi connectivity index (χ0v) is 17.0. The van der Waals surface area contributed by atoms with E-state index in [-0.39, 0.29) is 6.03 Å². The number of pyridine rings is 1. The number of likely N-dealkylation sites (tertiary alicyclic amines) is 1. The molecule has 1 saturated heterocycles. The second-order valence-electron chi connectivity index (χ2n) is 7.37. The summed E-state index contributed by atoms with van der Waals surface area (Å²) in [5, 5.41) is 3.51. The van der Waals surface area contributed by atoms with Gasteiger partial charge < -0.3 is 15.2 Å². The number of aromatic nitrogens is 3. The maximum absolute atomic E-state index is 12.4. The highest BCUT2D eigenvalue weighted by atomic mass is 35.5. The van der Waals surface area contributed by atoms with E-state index < -0.39 is 0 Å². The molecule has 4 aromatic rings. The van der Waals surface area contributed by atoms with Gasteiger partial charge in [0.1, 0.15) is 5.82 Å². The van der Waals surface area contributed by atoms with E-state index in [1.165, 1.54) is 0 Å². The van der Waals surface area contributed by atoms with Crippen molar-refractivity contribution in [3.05, 3.63) is 65.8 Å². The molecule has 2 aromatic heterocycles. The van der Waals surface area contributed by atoms with Crippen LogP contribution in [0.15, 0.2) is 60.8 Å². The molecule has 6 nitrogen and oxygen atoms in total. The number of aromatic amines is 1. The van der Waals surface area contributed by atoms with Crippen molar-refractivity contribution in [2.75, 3.05) is 18.4 Å². The van der Waals surface area contributed by atoms with Crippen LogP contribution in [0.2, 0.25) is 5.02 Å². The summed E-state index contributed by atoms with van der Waals surface area (Å²) in [6, 6.07) is 17.4. The average Bonchev–Trinajstić information content (AvgIpc) is 3.45. The first-order valence-corrected chi connectivity index (χ1v) is 10.3. The number of imidazole rings is 1. The lowest BCUT2D eigenvalue weighted by atomic mass is 10.1. The lowest BCUT2D eigenvalue weighted by Gasteiger charge is -2.16. The van der Waals surface area contributed by atoms with Gasteiger partial charge in [0, 0.05) is 36.1 Å². The molecule has 0 saturated carbocycles. The fourth-order valence-electron chi connectivity index (χ4n) is 3.72. The Morgan fingerprint density at radius 2 is 1.83 bits per heavy atom. The Morgan fingerprint density at radius 1 is 1.03 bits per heavy atom. The quantitative estimate of drug-likeness (QED) is 0.457. The van der Waals surface area contributed by atoms with Crippen LogP contribution in [0.3, 0.4) is 0 Å². The molecule has 3 heterocycles. The maximum Gasteiger partial charge on any atom is 0.321 e. The van der Waals surface area contributed by atoms with E-state index in [2.05, 4.69) is 20.3 Å². The second-order valence-corrected chi connectivity index (χ2v) is 7.77. The van der Waals surface area contributed by atoms with Crippen LogP contribution >= 0.6 is 11.6 Å². The van der Waals surface area contributed by atoms with Gasteiger partial charge in [0.25, 0.3) is 0 Å². The number of carbonyl (C=O) groups excluding carboxylic acids is 1. The number of urea groups is 1. The van der Waals surface area contributed by atoms with Crippen molar-refractivity contribution in [1.82, 2.24) is 19.9 Å². The molecule has 0 radical (unpaired) electrons. The topological polar surface area (TPSA) is 73.9 Å². The molecule has 2 N–H and O–H groups in total. The first-order valence-electron chi connectivity index (χ1n) is 9.94. The molecule has 5 rings (SSSR count). The number of hydrogen-bond donors (Lipinski definition) is 2. The minimum Gasteiger partial charge on any atom is -0.337 e. The fourth-order valence-corrected chi connectivity index (χ4v) is 3.93. The highest BCUT2D eigenvalue weighted by Crippen LogP contribution is 2.31. The summed E-state index contributed by atoms with van der Waals surface area (Å²) in [5.74, 6) is 0.616. The molecule has 30 heavy (non-hydrogen) atoms. The molecule has 2 amide bonds. The Morgan fingerprint density at radius 3 is 2.63 bits per heavy atom. The molecular formula is C23H20ClN5O. The number of anilines is 1. The minimum absolute atomic E-state index is 0.0838. The first kappa shape index (κ1) is 18.6. The Hall–Kier alpha value is -3.38. The molecule has 1 aliphatic rings. The number of H-pyrrole nitrogens is 1. The van der Waals surface area contributed by atoms with Crippen molar-refractivity contribution >= 4 is 34.5 Å². The van der Waals surface area contributed by atoms with E-state index >= 15 is 0 Å². The van der Waals surface area contributed by atoms with Crippen molar-refractivity contribution in [1.29, 1.82) is 0 Å². The van der Waals surface area contributed by atoms with Gasteiger partial charge >= 0.3 is 6.03 Å². The number of nitrogens with zero attached hydrogens (tertiary/aromatic N) is 3. The highest BCUT2D eigenvalue weighted by molar-refractivity contribution is 6.33. The van der Waals surface area contributed by atoms with E-state index in [1.54, 1.807) is 12.1 Å². The molecule has 0 bridgehead atoms. The predicted octanol–water partition coefficient (Wildman–Crippen LogP) is 5.57. The molecule has 7 heteroatoms. The SMILES string of the molecule is O=C(Nc1ccc(Cl)c(-c2nc3ncc(-c4ccccc4)cc3[nH]2)c1)N1CCCC1. The van der Waals surface area contributed by atoms with Crippen LogP contribution in [0, 0.1) is 0 Å². The monoisotopic (exact) mass is 417 g/mol. The van der Waals surface area contributed by atoms with Crippen LogP contribution in [0.4, 0.5) is 10.5 Å². The normalized spacial score (nSPS) is 13.7. The van der Waals surface area contributed by atoms with Crippen molar-refractivity contribution in [3.63, 3.8) is 0 Å². The van der Waals surface area contributed by atoms with Gasteiger partial charge in [0.05, 0.1) is 10.5 Å². The van der Waals surface area contributed by atoms with Crippen LogP contribution in [0.5, 0.6) is 0 Å². The third-order valence-corrected chi connectivity index (χ3v) is 5.64. The van der Waals surface area contributed by atoms with E-state index in [1.807, 2.05) is 53.6 Å². The molecule has 2 aromatic carbocycles. The van der Waals surface area contributed by atoms with Gasteiger partial charge in [-0.15, -0.1) is 0 Å². The molecule has 1 aliphatic heterocycles. The van der Waals surface area contributed by atoms with E-state index in [4.69, 9.17) is 11.6 Å². The molecule has 0 unspecified atom stereocenters. The predicted molar refractivity (Wildman–Crippen MR) is 120 cm³/mol. The lowest BCUT2D eigenvalue weighted by molar-refractivity contribution is 0.222. The summed E-state index contributed by atoms with van der Waals surface area (Å²) in [6.07, 6.45) is 3.92. The lowest BCUT2D eigenvalue weighted by Crippen LogP contribution is -2.32. The standard InChI is InChI=1S/C23H20ClN5O/c24-19-9-8-17(26-23(30)29-10-4-5-11-29)13-18(19)21-27-20-12-16(14-25-22(20)28-21)15-6-2-1-3-7-15/h1-3,6-9,12-14H,4-5,10-11H2,(H,26,30)(H,25,27,28). The Balaban J connectivity index is 1.46. The van der Waals surface area contributed by atoms with Crippen LogP contribution in [-0.2, 0) is 0 Å². The molecule has 1 fully saturated rings. The number of nitrogens with one attached hydrogen (secondary N) is 2. The van der Waals surface area contributed by atoms with Gasteiger partial charge in [-0.1, -0.05) is 41.9 Å². The van der Waals surface area contributed by atoms with Crippen molar-refractivity contribution < 1.29 is 4.79 Å². The second kappa shape index (κ2) is 7.80. The Bertz CT molecular complexity index is 1210. The summed E-state index contributed by atoms with van der Waals surface area (Å²) < 4.78 is 0. The number of fused-ring (bicyclic) bond motifs is 1. The maximum atomic E-state index is 12.4. The Labute approximate surface area is 178 Å². The van der Waals surface area contributed by atoms with Crippen LogP contribution in [0.25, 0.3) is 33.7 Å². The average molecular weight is 418 g/mol. The van der Waals surface area contributed by atoms with Gasteiger partial charge in [0.15, 0.2) is 5.65 Å². The number of carbonyl (C=O) groups is 1. The summed E-state index contributed by atoms with van der Waals surface area (Å²) in [4.78, 5) is 26.6. The van der Waals surface area contributed by atoms with Crippen LogP contribution in [-0.4, -0.2) is 39.0 Å². The third-order valence-electron chi connectivity index (χ3n) is 5.31. The van der Waals surface area contributed by atoms with E-state index in [0.29, 0.717) is 22.2 Å². The molecule has 0 spiro atoms. The van der Waals surface area contributed by atoms with Crippen LogP contribution in [0.1, 0.15) is 12.8 Å². The van der Waals surface area contributed by atoms with Crippen molar-refractivity contribution in [2.45, 2.75) is 12.8 Å². The number of amides is 2. The zero-order valence-electron chi connectivity index (χ0n) is 16.2. The molecular weight excluding hydrogens is 398 g/mol. The van der Waals surface area contributed by atoms with E-state index in [9.17, 15) is 4.79 Å². The van der Waals surface area contributed by atoms with Gasteiger partial charge in [0.2, 0.25) is 0 Å². The van der Waals surface area contributed by atoms with Crippen molar-refractivity contribution in [3.8, 4) is 22.5 Å². The third kappa shape index (κ3) is 3.62. The fraction of sp³-hybridized carbons (Fsp3) is 0.174. The number of benzene rings is 2. The van der Waals surface area contributed by atoms with Gasteiger partial charge in [-0.2, -0.15) is 0 Å². The Kier molecular flexibility index (Phi) is 4.85.